The third kappa shape index (κ3) is 2.78. The molecule has 0 amide bonds. The molecule has 1 aromatic carbocycles. The summed E-state index contributed by atoms with van der Waals surface area (Å²) in [4.78, 5) is 15.1. The summed E-state index contributed by atoms with van der Waals surface area (Å²) in [6.45, 7) is 0. The van der Waals surface area contributed by atoms with Gasteiger partial charge >= 0.3 is 5.28 Å². The Morgan fingerprint density at radius 2 is 2.00 bits per heavy atom. The second kappa shape index (κ2) is 5.85. The molecule has 0 fully saturated rings. The summed E-state index contributed by atoms with van der Waals surface area (Å²) in [5.74, 6) is 0.355. The van der Waals surface area contributed by atoms with Crippen LogP contribution in [0.25, 0.3) is 11.0 Å². The lowest BCUT2D eigenvalue weighted by molar-refractivity contribution is -0.379. The van der Waals surface area contributed by atoms with E-state index in [9.17, 15) is 4.57 Å². The van der Waals surface area contributed by atoms with E-state index in [1.54, 1.807) is 24.5 Å². The highest BCUT2D eigenvalue weighted by Crippen LogP contribution is 2.25. The molecule has 0 saturated carbocycles. The van der Waals surface area contributed by atoms with E-state index in [-0.39, 0.29) is 13.7 Å². The van der Waals surface area contributed by atoms with Crippen LogP contribution in [0.4, 0.5) is 11.5 Å². The van der Waals surface area contributed by atoms with Crippen molar-refractivity contribution in [1.82, 2.24) is 15.0 Å². The van der Waals surface area contributed by atoms with Crippen LogP contribution >= 0.6 is 31.7 Å². The Labute approximate surface area is 130 Å². The van der Waals surface area contributed by atoms with E-state index >= 15 is 0 Å². The maximum absolute atomic E-state index is 11.5. The highest BCUT2D eigenvalue weighted by atomic mass is 35.5. The average molecular weight is 339 g/mol. The molecule has 0 aliphatic heterocycles. The molecule has 3 aromatic rings. The van der Waals surface area contributed by atoms with E-state index in [4.69, 9.17) is 23.2 Å². The highest BCUT2D eigenvalue weighted by Gasteiger charge is 2.16. The largest absolute Gasteiger partial charge is 0.396 e. The molecule has 0 saturated heterocycles. The normalized spacial score (nSPS) is 11.0. The zero-order valence-electron chi connectivity index (χ0n) is 10.3. The van der Waals surface area contributed by atoms with Gasteiger partial charge in [0.2, 0.25) is 0 Å². The van der Waals surface area contributed by atoms with E-state index in [0.717, 1.165) is 0 Å². The number of rotatable bonds is 3. The van der Waals surface area contributed by atoms with Crippen molar-refractivity contribution >= 4 is 59.5 Å². The Balaban J connectivity index is 2.12. The summed E-state index contributed by atoms with van der Waals surface area (Å²) in [6, 6.07) is 3.50. The molecule has 9 heteroatoms. The SMILES string of the molecule is O=Pc1c(Nc2nc(Cl)[nH+]cc2Cl)ccc2nccnc12. The maximum Gasteiger partial charge on any atom is 0.396 e. The molecule has 0 spiro atoms. The minimum Gasteiger partial charge on any atom is -0.317 e. The summed E-state index contributed by atoms with van der Waals surface area (Å²) < 4.78 is 11.5. The molecular weight excluding hydrogens is 332 g/mol. The van der Waals surface area contributed by atoms with Gasteiger partial charge in [0.1, 0.15) is 16.7 Å². The molecule has 3 rings (SSSR count). The first kappa shape index (κ1) is 14.1. The molecule has 2 aromatic heterocycles. The van der Waals surface area contributed by atoms with Crippen LogP contribution in [-0.4, -0.2) is 15.0 Å². The lowest BCUT2D eigenvalue weighted by atomic mass is 10.2. The number of hydrogen-bond donors (Lipinski definition) is 1. The molecule has 2 heterocycles. The van der Waals surface area contributed by atoms with Crippen LogP contribution in [-0.2, 0) is 4.57 Å². The first-order valence-electron chi connectivity index (χ1n) is 5.77. The molecular formula is C12H7Cl2N5OP+. The zero-order chi connectivity index (χ0) is 14.8. The second-order valence-electron chi connectivity index (χ2n) is 3.99. The summed E-state index contributed by atoms with van der Waals surface area (Å²) in [7, 11) is -0.185. The highest BCUT2D eigenvalue weighted by molar-refractivity contribution is 7.35. The van der Waals surface area contributed by atoms with Gasteiger partial charge < -0.3 is 5.32 Å². The van der Waals surface area contributed by atoms with Gasteiger partial charge in [0.15, 0.2) is 8.46 Å². The number of nitrogens with one attached hydrogen (secondary N) is 2. The number of aromatic amines is 1. The van der Waals surface area contributed by atoms with Crippen molar-refractivity contribution in [2.24, 2.45) is 0 Å². The predicted molar refractivity (Wildman–Crippen MR) is 80.9 cm³/mol. The molecule has 104 valence electrons. The minimum atomic E-state index is -0.185. The quantitative estimate of drug-likeness (QED) is 0.586. The van der Waals surface area contributed by atoms with Crippen LogP contribution in [0, 0.1) is 0 Å². The van der Waals surface area contributed by atoms with Crippen molar-refractivity contribution in [3.8, 4) is 0 Å². The fourth-order valence-electron chi connectivity index (χ4n) is 1.81. The number of nitrogens with zero attached hydrogens (tertiary/aromatic N) is 3. The fraction of sp³-hybridized carbons (Fsp3) is 0. The molecule has 2 N–H and O–H groups in total. The van der Waals surface area contributed by atoms with Crippen molar-refractivity contribution in [3.63, 3.8) is 0 Å². The minimum absolute atomic E-state index is 0.184. The Bertz CT molecular complexity index is 845. The molecule has 6 nitrogen and oxygen atoms in total. The average Bonchev–Trinajstić information content (AvgIpc) is 2.50. The van der Waals surface area contributed by atoms with Crippen molar-refractivity contribution < 1.29 is 9.55 Å². The monoisotopic (exact) mass is 338 g/mol. The van der Waals surface area contributed by atoms with Gasteiger partial charge in [-0.05, 0) is 17.1 Å². The van der Waals surface area contributed by atoms with E-state index in [0.29, 0.717) is 32.9 Å². The summed E-state index contributed by atoms with van der Waals surface area (Å²) in [6.07, 6.45) is 4.63. The summed E-state index contributed by atoms with van der Waals surface area (Å²) >= 11 is 11.8. The lowest BCUT2D eigenvalue weighted by Gasteiger charge is -2.07. The number of anilines is 2. The standard InChI is InChI=1S/C12H6Cl2N5OP/c13-6-5-17-12(14)19-11(6)18-8-2-1-7-9(10(8)21-20)16-4-3-15-7/h1-5H,(H,17,18,19)/p+1. The van der Waals surface area contributed by atoms with Crippen molar-refractivity contribution in [2.75, 3.05) is 5.32 Å². The number of fused-ring (bicyclic) bond motifs is 1. The van der Waals surface area contributed by atoms with Crippen molar-refractivity contribution in [1.29, 1.82) is 0 Å². The van der Waals surface area contributed by atoms with Crippen LogP contribution in [0.2, 0.25) is 10.3 Å². The first-order chi connectivity index (χ1) is 10.2. The number of H-pyrrole nitrogens is 1. The molecule has 0 aliphatic rings. The first-order valence-corrected chi connectivity index (χ1v) is 7.33. The number of halogens is 2. The zero-order valence-corrected chi connectivity index (χ0v) is 12.7. The molecule has 0 radical (unpaired) electrons. The lowest BCUT2D eigenvalue weighted by Crippen LogP contribution is -2.11. The van der Waals surface area contributed by atoms with Crippen LogP contribution in [0.1, 0.15) is 0 Å². The Kier molecular flexibility index (Phi) is 3.92. The van der Waals surface area contributed by atoms with E-state index < -0.39 is 0 Å². The van der Waals surface area contributed by atoms with E-state index in [2.05, 4.69) is 25.3 Å². The molecule has 21 heavy (non-hydrogen) atoms. The van der Waals surface area contributed by atoms with Gasteiger partial charge in [0.25, 0.3) is 5.82 Å². The smallest absolute Gasteiger partial charge is 0.317 e. The summed E-state index contributed by atoms with van der Waals surface area (Å²) in [5.41, 5.74) is 1.76. The Morgan fingerprint density at radius 1 is 1.19 bits per heavy atom. The Hall–Kier alpha value is -1.88. The molecule has 0 unspecified atom stereocenters. The van der Waals surface area contributed by atoms with Crippen LogP contribution in [0.15, 0.2) is 30.7 Å². The van der Waals surface area contributed by atoms with Crippen molar-refractivity contribution in [3.05, 3.63) is 41.0 Å². The molecule has 0 aliphatic carbocycles. The van der Waals surface area contributed by atoms with Gasteiger partial charge in [-0.1, -0.05) is 11.6 Å². The number of aromatic nitrogens is 4. The van der Waals surface area contributed by atoms with Gasteiger partial charge in [-0.2, -0.15) is 0 Å². The molecule has 0 bridgehead atoms. The third-order valence-corrected chi connectivity index (χ3v) is 3.83. The fourth-order valence-corrected chi connectivity index (χ4v) is 2.58. The van der Waals surface area contributed by atoms with Crippen LogP contribution < -0.4 is 15.6 Å². The van der Waals surface area contributed by atoms with Gasteiger partial charge in [0.05, 0.1) is 16.5 Å². The molecule has 0 atom stereocenters. The van der Waals surface area contributed by atoms with Crippen LogP contribution in [0.5, 0.6) is 0 Å². The van der Waals surface area contributed by atoms with E-state index in [1.807, 2.05) is 0 Å². The third-order valence-electron chi connectivity index (χ3n) is 2.71. The van der Waals surface area contributed by atoms with Crippen LogP contribution in [0.3, 0.4) is 0 Å². The second-order valence-corrected chi connectivity index (χ2v) is 5.38. The van der Waals surface area contributed by atoms with Crippen molar-refractivity contribution in [2.45, 2.75) is 0 Å². The van der Waals surface area contributed by atoms with Gasteiger partial charge in [-0.3, -0.25) is 14.5 Å². The summed E-state index contributed by atoms with van der Waals surface area (Å²) in [5, 5.41) is 4.01. The topological polar surface area (TPSA) is 81.9 Å². The van der Waals surface area contributed by atoms with Gasteiger partial charge in [-0.25, -0.2) is 4.98 Å². The number of hydrogen-bond acceptors (Lipinski definition) is 5. The maximum atomic E-state index is 11.5. The number of benzene rings is 1. The van der Waals surface area contributed by atoms with Gasteiger partial charge in [0, 0.05) is 24.0 Å². The van der Waals surface area contributed by atoms with Gasteiger partial charge in [-0.15, -0.1) is 0 Å². The predicted octanol–water partition coefficient (Wildman–Crippen LogP) is 2.81. The van der Waals surface area contributed by atoms with E-state index in [1.165, 1.54) is 6.20 Å². The Morgan fingerprint density at radius 3 is 2.81 bits per heavy atom.